The molecule has 0 radical (unpaired) electrons. The van der Waals surface area contributed by atoms with E-state index < -0.39 is 0 Å². The van der Waals surface area contributed by atoms with Gasteiger partial charge in [-0.15, -0.1) is 0 Å². The zero-order valence-corrected chi connectivity index (χ0v) is 12.3. The maximum absolute atomic E-state index is 11.9. The Bertz CT molecular complexity index is 285. The third-order valence-corrected chi connectivity index (χ3v) is 4.02. The molecule has 1 amide bonds. The molecular formula is C15H27NO3. The minimum atomic E-state index is -0.206. The number of nitrogens with zero attached hydrogens (tertiary/aromatic N) is 1. The van der Waals surface area contributed by atoms with Crippen LogP contribution < -0.4 is 0 Å². The molecule has 0 aromatic heterocycles. The van der Waals surface area contributed by atoms with E-state index >= 15 is 0 Å². The molecule has 110 valence electrons. The Labute approximate surface area is 116 Å². The quantitative estimate of drug-likeness (QED) is 0.668. The molecule has 19 heavy (non-hydrogen) atoms. The molecule has 1 aliphatic rings. The first-order chi connectivity index (χ1) is 9.13. The third-order valence-electron chi connectivity index (χ3n) is 4.02. The van der Waals surface area contributed by atoms with E-state index in [0.717, 1.165) is 12.3 Å². The Hall–Kier alpha value is -1.06. The van der Waals surface area contributed by atoms with Gasteiger partial charge in [0.05, 0.1) is 7.11 Å². The lowest BCUT2D eigenvalue weighted by atomic mass is 9.86. The van der Waals surface area contributed by atoms with Gasteiger partial charge < -0.3 is 9.64 Å². The predicted octanol–water partition coefficient (Wildman–Crippen LogP) is 2.76. The highest BCUT2D eigenvalue weighted by molar-refractivity contribution is 5.76. The normalized spacial score (nSPS) is 16.1. The van der Waals surface area contributed by atoms with Crippen LogP contribution in [0.3, 0.4) is 0 Å². The van der Waals surface area contributed by atoms with Crippen molar-refractivity contribution in [2.75, 3.05) is 20.7 Å². The van der Waals surface area contributed by atoms with Crippen LogP contribution in [0.15, 0.2) is 0 Å². The van der Waals surface area contributed by atoms with Crippen molar-refractivity contribution in [1.29, 1.82) is 0 Å². The predicted molar refractivity (Wildman–Crippen MR) is 74.7 cm³/mol. The summed E-state index contributed by atoms with van der Waals surface area (Å²) >= 11 is 0. The monoisotopic (exact) mass is 269 g/mol. The van der Waals surface area contributed by atoms with Gasteiger partial charge in [-0.2, -0.15) is 0 Å². The first-order valence-electron chi connectivity index (χ1n) is 7.44. The maximum Gasteiger partial charge on any atom is 0.305 e. The zero-order valence-electron chi connectivity index (χ0n) is 12.3. The highest BCUT2D eigenvalue weighted by Gasteiger charge is 2.16. The van der Waals surface area contributed by atoms with Gasteiger partial charge in [-0.25, -0.2) is 0 Å². The Balaban J connectivity index is 2.11. The molecule has 1 saturated carbocycles. The summed E-state index contributed by atoms with van der Waals surface area (Å²) in [6.07, 6.45) is 9.34. The van der Waals surface area contributed by atoms with Crippen LogP contribution in [0.25, 0.3) is 0 Å². The fourth-order valence-electron chi connectivity index (χ4n) is 2.68. The molecule has 0 heterocycles. The number of hydrogen-bond donors (Lipinski definition) is 0. The molecular weight excluding hydrogens is 242 g/mol. The van der Waals surface area contributed by atoms with Crippen LogP contribution >= 0.6 is 0 Å². The second-order valence-corrected chi connectivity index (χ2v) is 5.54. The molecule has 1 fully saturated rings. The number of amides is 1. The molecule has 0 aromatic rings. The van der Waals surface area contributed by atoms with Crippen LogP contribution in [-0.2, 0) is 14.3 Å². The number of carbonyl (C=O) groups excluding carboxylic acids is 2. The van der Waals surface area contributed by atoms with E-state index in [4.69, 9.17) is 0 Å². The molecule has 0 aliphatic heterocycles. The topological polar surface area (TPSA) is 46.6 Å². The molecule has 4 nitrogen and oxygen atoms in total. The number of carbonyl (C=O) groups is 2. The van der Waals surface area contributed by atoms with E-state index in [1.54, 1.807) is 4.90 Å². The lowest BCUT2D eigenvalue weighted by Crippen LogP contribution is -2.28. The summed E-state index contributed by atoms with van der Waals surface area (Å²) < 4.78 is 4.58. The lowest BCUT2D eigenvalue weighted by Gasteiger charge is -2.23. The van der Waals surface area contributed by atoms with Crippen LogP contribution in [-0.4, -0.2) is 37.5 Å². The molecule has 0 aromatic carbocycles. The van der Waals surface area contributed by atoms with Crippen molar-refractivity contribution >= 4 is 11.9 Å². The van der Waals surface area contributed by atoms with E-state index in [-0.39, 0.29) is 11.9 Å². The van der Waals surface area contributed by atoms with E-state index in [9.17, 15) is 9.59 Å². The van der Waals surface area contributed by atoms with Crippen molar-refractivity contribution in [1.82, 2.24) is 4.90 Å². The van der Waals surface area contributed by atoms with E-state index in [1.807, 2.05) is 7.05 Å². The van der Waals surface area contributed by atoms with Crippen LogP contribution in [0, 0.1) is 5.92 Å². The van der Waals surface area contributed by atoms with Gasteiger partial charge in [0.2, 0.25) is 5.91 Å². The van der Waals surface area contributed by atoms with Crippen LogP contribution in [0.2, 0.25) is 0 Å². The molecule has 4 heteroatoms. The minimum Gasteiger partial charge on any atom is -0.469 e. The van der Waals surface area contributed by atoms with Crippen LogP contribution in [0.1, 0.15) is 57.8 Å². The van der Waals surface area contributed by atoms with Crippen molar-refractivity contribution in [3.8, 4) is 0 Å². The molecule has 0 atom stereocenters. The van der Waals surface area contributed by atoms with Gasteiger partial charge in [0.15, 0.2) is 0 Å². The van der Waals surface area contributed by atoms with Gasteiger partial charge in [-0.3, -0.25) is 9.59 Å². The van der Waals surface area contributed by atoms with Crippen LogP contribution in [0.5, 0.6) is 0 Å². The minimum absolute atomic E-state index is 0.204. The van der Waals surface area contributed by atoms with Crippen molar-refractivity contribution in [3.63, 3.8) is 0 Å². The number of hydrogen-bond acceptors (Lipinski definition) is 3. The Kier molecular flexibility index (Phi) is 7.53. The van der Waals surface area contributed by atoms with E-state index in [0.29, 0.717) is 25.8 Å². The summed E-state index contributed by atoms with van der Waals surface area (Å²) in [7, 11) is 3.21. The molecule has 0 bridgehead atoms. The first kappa shape index (κ1) is 16.0. The average molecular weight is 269 g/mol. The Morgan fingerprint density at radius 2 is 1.84 bits per heavy atom. The van der Waals surface area contributed by atoms with Crippen molar-refractivity contribution < 1.29 is 14.3 Å². The van der Waals surface area contributed by atoms with Crippen molar-refractivity contribution in [3.05, 3.63) is 0 Å². The number of rotatable bonds is 7. The molecule has 0 unspecified atom stereocenters. The fourth-order valence-corrected chi connectivity index (χ4v) is 2.68. The largest absolute Gasteiger partial charge is 0.469 e. The second kappa shape index (κ2) is 8.94. The van der Waals surface area contributed by atoms with Gasteiger partial charge in [0.1, 0.15) is 0 Å². The maximum atomic E-state index is 11.9. The molecule has 1 aliphatic carbocycles. The molecule has 0 saturated heterocycles. The van der Waals surface area contributed by atoms with Gasteiger partial charge in [-0.1, -0.05) is 32.1 Å². The lowest BCUT2D eigenvalue weighted by molar-refractivity contribution is -0.141. The van der Waals surface area contributed by atoms with Gasteiger partial charge in [0.25, 0.3) is 0 Å². The van der Waals surface area contributed by atoms with E-state index in [1.165, 1.54) is 39.2 Å². The Morgan fingerprint density at radius 1 is 1.16 bits per heavy atom. The van der Waals surface area contributed by atoms with Gasteiger partial charge in [0, 0.05) is 26.4 Å². The average Bonchev–Trinajstić information content (AvgIpc) is 2.45. The fraction of sp³-hybridized carbons (Fsp3) is 0.867. The summed E-state index contributed by atoms with van der Waals surface area (Å²) in [6.45, 7) is 0.638. The summed E-state index contributed by atoms with van der Waals surface area (Å²) in [5, 5.41) is 0. The SMILES string of the molecule is COC(=O)CCCN(C)C(=O)CCC1CCCCC1. The molecule has 1 rings (SSSR count). The molecule has 0 N–H and O–H groups in total. The highest BCUT2D eigenvalue weighted by Crippen LogP contribution is 2.27. The Morgan fingerprint density at radius 3 is 2.47 bits per heavy atom. The van der Waals surface area contributed by atoms with Gasteiger partial charge >= 0.3 is 5.97 Å². The molecule has 0 spiro atoms. The smallest absolute Gasteiger partial charge is 0.305 e. The third kappa shape index (κ3) is 6.60. The summed E-state index contributed by atoms with van der Waals surface area (Å²) in [5.41, 5.74) is 0. The van der Waals surface area contributed by atoms with Crippen LogP contribution in [0.4, 0.5) is 0 Å². The summed E-state index contributed by atoms with van der Waals surface area (Å²) in [6, 6.07) is 0. The van der Waals surface area contributed by atoms with Crippen molar-refractivity contribution in [2.45, 2.75) is 57.8 Å². The number of methoxy groups -OCH3 is 1. The number of esters is 1. The van der Waals surface area contributed by atoms with Crippen molar-refractivity contribution in [2.24, 2.45) is 5.92 Å². The second-order valence-electron chi connectivity index (χ2n) is 5.54. The number of ether oxygens (including phenoxy) is 1. The van der Waals surface area contributed by atoms with E-state index in [2.05, 4.69) is 4.74 Å². The summed E-state index contributed by atoms with van der Waals surface area (Å²) in [4.78, 5) is 24.7. The first-order valence-corrected chi connectivity index (χ1v) is 7.44. The standard InChI is InChI=1S/C15H27NO3/c1-16(12-6-9-15(18)19-2)14(17)11-10-13-7-4-3-5-8-13/h13H,3-12H2,1-2H3. The zero-order chi connectivity index (χ0) is 14.1. The van der Waals surface area contributed by atoms with Gasteiger partial charge in [-0.05, 0) is 18.8 Å². The highest BCUT2D eigenvalue weighted by atomic mass is 16.5. The summed E-state index contributed by atoms with van der Waals surface area (Å²) in [5.74, 6) is 0.750.